The Hall–Kier alpha value is -1.36. The highest BCUT2D eigenvalue weighted by Gasteiger charge is 1.96. The molecule has 15 heavy (non-hydrogen) atoms. The van der Waals surface area contributed by atoms with E-state index in [9.17, 15) is 4.79 Å². The van der Waals surface area contributed by atoms with E-state index in [2.05, 4.69) is 21.0 Å². The lowest BCUT2D eigenvalue weighted by atomic mass is 10.4. The van der Waals surface area contributed by atoms with Gasteiger partial charge >= 0.3 is 0 Å². The third-order valence-electron chi connectivity index (χ3n) is 2.07. The second kappa shape index (κ2) is 4.44. The van der Waals surface area contributed by atoms with Crippen molar-refractivity contribution < 1.29 is 0 Å². The minimum Gasteiger partial charge on any atom is -0.314 e. The topological polar surface area (TPSA) is 39.8 Å². The van der Waals surface area contributed by atoms with E-state index in [4.69, 9.17) is 0 Å². The van der Waals surface area contributed by atoms with Crippen LogP contribution in [0.5, 0.6) is 0 Å². The van der Waals surface area contributed by atoms with E-state index in [-0.39, 0.29) is 5.56 Å². The summed E-state index contributed by atoms with van der Waals surface area (Å²) < 4.78 is 4.40. The Kier molecular flexibility index (Phi) is 3.01. The Morgan fingerprint density at radius 1 is 1.33 bits per heavy atom. The number of hydrogen-bond donors (Lipinski definition) is 0. The van der Waals surface area contributed by atoms with Crippen LogP contribution in [0.3, 0.4) is 0 Å². The van der Waals surface area contributed by atoms with E-state index in [1.807, 2.05) is 12.3 Å². The number of hydrogen-bond acceptors (Lipinski definition) is 2. The maximum Gasteiger partial charge on any atom is 0.250 e. The lowest BCUT2D eigenvalue weighted by molar-refractivity contribution is 0.523. The van der Waals surface area contributed by atoms with Crippen molar-refractivity contribution in [3.63, 3.8) is 0 Å². The fourth-order valence-corrected chi connectivity index (χ4v) is 1.64. The number of aryl methyl sites for hydroxylation is 2. The van der Waals surface area contributed by atoms with Crippen LogP contribution < -0.4 is 5.56 Å². The summed E-state index contributed by atoms with van der Waals surface area (Å²) in [6, 6.07) is 5.14. The molecule has 2 rings (SSSR count). The molecule has 0 atom stereocenters. The minimum atomic E-state index is 0.0173. The highest BCUT2D eigenvalue weighted by molar-refractivity contribution is 9.10. The van der Waals surface area contributed by atoms with Crippen molar-refractivity contribution in [1.82, 2.24) is 14.3 Å². The zero-order valence-electron chi connectivity index (χ0n) is 8.01. The molecule has 0 fully saturated rings. The summed E-state index contributed by atoms with van der Waals surface area (Å²) in [5.41, 5.74) is 0.0173. The molecule has 0 unspecified atom stereocenters. The first-order valence-electron chi connectivity index (χ1n) is 4.59. The molecule has 0 saturated carbocycles. The Labute approximate surface area is 95.3 Å². The van der Waals surface area contributed by atoms with E-state index in [0.29, 0.717) is 13.1 Å². The van der Waals surface area contributed by atoms with Crippen molar-refractivity contribution in [2.45, 2.75) is 13.1 Å². The maximum atomic E-state index is 11.4. The molecular formula is C10H10BrN3O. The van der Waals surface area contributed by atoms with Gasteiger partial charge in [0, 0.05) is 25.0 Å². The number of halogens is 1. The molecule has 0 bridgehead atoms. The van der Waals surface area contributed by atoms with Crippen molar-refractivity contribution in [3.05, 3.63) is 51.6 Å². The first-order chi connectivity index (χ1) is 7.25. The highest BCUT2D eigenvalue weighted by atomic mass is 79.9. The molecule has 0 spiro atoms. The maximum absolute atomic E-state index is 11.4. The Morgan fingerprint density at radius 3 is 2.87 bits per heavy atom. The van der Waals surface area contributed by atoms with Gasteiger partial charge in [0.2, 0.25) is 0 Å². The van der Waals surface area contributed by atoms with E-state index >= 15 is 0 Å². The molecule has 2 heterocycles. The van der Waals surface area contributed by atoms with Gasteiger partial charge in [-0.1, -0.05) is 6.07 Å². The van der Waals surface area contributed by atoms with Crippen molar-refractivity contribution in [2.24, 2.45) is 0 Å². The van der Waals surface area contributed by atoms with Crippen LogP contribution in [-0.4, -0.2) is 14.3 Å². The van der Waals surface area contributed by atoms with Gasteiger partial charge < -0.3 is 4.57 Å². The number of rotatable bonds is 3. The monoisotopic (exact) mass is 267 g/mol. The second-order valence-corrected chi connectivity index (χ2v) is 4.07. The normalized spacial score (nSPS) is 10.5. The van der Waals surface area contributed by atoms with Crippen LogP contribution in [0.2, 0.25) is 0 Å². The summed E-state index contributed by atoms with van der Waals surface area (Å²) in [6.45, 7) is 1.32. The van der Waals surface area contributed by atoms with E-state index in [0.717, 1.165) is 4.47 Å². The summed E-state index contributed by atoms with van der Waals surface area (Å²) >= 11 is 3.32. The van der Waals surface area contributed by atoms with Crippen molar-refractivity contribution in [2.75, 3.05) is 0 Å². The predicted molar refractivity (Wildman–Crippen MR) is 60.6 cm³/mol. The lowest BCUT2D eigenvalue weighted by Crippen LogP contribution is -2.20. The quantitative estimate of drug-likeness (QED) is 0.846. The molecule has 0 aromatic carbocycles. The van der Waals surface area contributed by atoms with Crippen molar-refractivity contribution >= 4 is 15.9 Å². The van der Waals surface area contributed by atoms with E-state index < -0.39 is 0 Å². The van der Waals surface area contributed by atoms with Gasteiger partial charge in [-0.2, -0.15) is 5.10 Å². The first-order valence-corrected chi connectivity index (χ1v) is 5.38. The van der Waals surface area contributed by atoms with Crippen molar-refractivity contribution in [3.8, 4) is 0 Å². The van der Waals surface area contributed by atoms with Gasteiger partial charge in [0.1, 0.15) is 0 Å². The third-order valence-corrected chi connectivity index (χ3v) is 2.48. The van der Waals surface area contributed by atoms with E-state index in [1.165, 1.54) is 0 Å². The van der Waals surface area contributed by atoms with Gasteiger partial charge in [-0.05, 0) is 22.0 Å². The van der Waals surface area contributed by atoms with Gasteiger partial charge in [-0.25, -0.2) is 0 Å². The molecule has 0 aliphatic carbocycles. The first kappa shape index (κ1) is 10.2. The molecule has 5 heteroatoms. The molecule has 0 aliphatic heterocycles. The standard InChI is InChI=1S/C10H10BrN3O/c11-9-7-12-14(8-9)6-5-13-4-2-1-3-10(13)15/h1-4,7-8H,5-6H2. The van der Waals surface area contributed by atoms with Crippen LogP contribution in [0.15, 0.2) is 46.1 Å². The van der Waals surface area contributed by atoms with E-state index in [1.54, 1.807) is 33.8 Å². The Morgan fingerprint density at radius 2 is 2.20 bits per heavy atom. The molecule has 0 aliphatic rings. The second-order valence-electron chi connectivity index (χ2n) is 3.15. The van der Waals surface area contributed by atoms with Gasteiger partial charge in [0.05, 0.1) is 17.2 Å². The molecule has 2 aromatic heterocycles. The van der Waals surface area contributed by atoms with Gasteiger partial charge in [0.15, 0.2) is 0 Å². The Balaban J connectivity index is 2.05. The Bertz CT molecular complexity index is 503. The third kappa shape index (κ3) is 2.56. The number of nitrogens with zero attached hydrogens (tertiary/aromatic N) is 3. The molecule has 0 amide bonds. The van der Waals surface area contributed by atoms with Crippen LogP contribution in [0.25, 0.3) is 0 Å². The average Bonchev–Trinajstić information content (AvgIpc) is 2.63. The predicted octanol–water partition coefficient (Wildman–Crippen LogP) is 1.51. The summed E-state index contributed by atoms with van der Waals surface area (Å²) in [4.78, 5) is 11.4. The smallest absolute Gasteiger partial charge is 0.250 e. The molecule has 4 nitrogen and oxygen atoms in total. The molecule has 0 saturated heterocycles. The zero-order chi connectivity index (χ0) is 10.7. The summed E-state index contributed by atoms with van der Waals surface area (Å²) in [5.74, 6) is 0. The van der Waals surface area contributed by atoms with Crippen molar-refractivity contribution in [1.29, 1.82) is 0 Å². The van der Waals surface area contributed by atoms with Crippen LogP contribution in [-0.2, 0) is 13.1 Å². The number of pyridine rings is 1. The van der Waals surface area contributed by atoms with Crippen LogP contribution in [0.1, 0.15) is 0 Å². The fraction of sp³-hybridized carbons (Fsp3) is 0.200. The van der Waals surface area contributed by atoms with Crippen LogP contribution in [0.4, 0.5) is 0 Å². The molecule has 2 aromatic rings. The molecule has 78 valence electrons. The average molecular weight is 268 g/mol. The van der Waals surface area contributed by atoms with Crippen LogP contribution >= 0.6 is 15.9 Å². The van der Waals surface area contributed by atoms with Gasteiger partial charge in [0.25, 0.3) is 5.56 Å². The highest BCUT2D eigenvalue weighted by Crippen LogP contribution is 2.05. The molecule has 0 N–H and O–H groups in total. The summed E-state index contributed by atoms with van der Waals surface area (Å²) in [7, 11) is 0. The lowest BCUT2D eigenvalue weighted by Gasteiger charge is -2.04. The molecular weight excluding hydrogens is 258 g/mol. The van der Waals surface area contributed by atoms with Gasteiger partial charge in [-0.3, -0.25) is 9.48 Å². The van der Waals surface area contributed by atoms with Gasteiger partial charge in [-0.15, -0.1) is 0 Å². The number of aromatic nitrogens is 3. The summed E-state index contributed by atoms with van der Waals surface area (Å²) in [6.07, 6.45) is 5.39. The summed E-state index contributed by atoms with van der Waals surface area (Å²) in [5, 5.41) is 4.11. The zero-order valence-corrected chi connectivity index (χ0v) is 9.59. The molecule has 0 radical (unpaired) electrons. The minimum absolute atomic E-state index is 0.0173. The fourth-order valence-electron chi connectivity index (χ4n) is 1.32. The SMILES string of the molecule is O=c1ccccn1CCn1cc(Br)cn1. The van der Waals surface area contributed by atoms with Crippen LogP contribution in [0, 0.1) is 0 Å². The largest absolute Gasteiger partial charge is 0.314 e.